The first kappa shape index (κ1) is 18.7. The van der Waals surface area contributed by atoms with Crippen LogP contribution in [0, 0.1) is 0 Å². The molecule has 3 aromatic rings. The molecule has 2 aromatic carbocycles. The summed E-state index contributed by atoms with van der Waals surface area (Å²) in [6.07, 6.45) is 3.76. The van der Waals surface area contributed by atoms with Crippen molar-refractivity contribution in [3.63, 3.8) is 0 Å². The van der Waals surface area contributed by atoms with E-state index in [-0.39, 0.29) is 10.2 Å². The Morgan fingerprint density at radius 2 is 1.89 bits per heavy atom. The number of fused-ring (bicyclic) bond motifs is 1. The number of rotatable bonds is 3. The molecule has 0 spiro atoms. The molecule has 1 fully saturated rings. The number of hydrazine groups is 1. The molecule has 1 aromatic heterocycles. The Kier molecular flexibility index (Phi) is 4.97. The fourth-order valence-electron chi connectivity index (χ4n) is 2.96. The van der Waals surface area contributed by atoms with E-state index in [1.807, 2.05) is 42.1 Å². The molecule has 1 N–H and O–H groups in total. The molecule has 0 radical (unpaired) electrons. The van der Waals surface area contributed by atoms with Crippen LogP contribution in [0.15, 0.2) is 59.6 Å². The lowest BCUT2D eigenvalue weighted by Gasteiger charge is -2.15. The number of para-hydroxylation sites is 1. The molecule has 0 bridgehead atoms. The van der Waals surface area contributed by atoms with Crippen LogP contribution >= 0.6 is 35.6 Å². The number of nitrogens with one attached hydrogen (secondary N) is 1. The molecule has 1 aliphatic rings. The summed E-state index contributed by atoms with van der Waals surface area (Å²) < 4.78 is 2.28. The number of aromatic nitrogens is 1. The highest BCUT2D eigenvalue weighted by Crippen LogP contribution is 2.33. The lowest BCUT2D eigenvalue weighted by atomic mass is 10.1. The summed E-state index contributed by atoms with van der Waals surface area (Å²) in [5.74, 6) is -0.787. The second kappa shape index (κ2) is 7.43. The molecule has 0 aliphatic carbocycles. The molecule has 0 saturated carbocycles. The fourth-order valence-corrected chi connectivity index (χ4v) is 4.26. The highest BCUT2D eigenvalue weighted by atomic mass is 35.5. The molecule has 4 rings (SSSR count). The maximum Gasteiger partial charge on any atom is 0.285 e. The van der Waals surface area contributed by atoms with E-state index < -0.39 is 5.91 Å². The van der Waals surface area contributed by atoms with Crippen molar-refractivity contribution in [2.24, 2.45) is 7.05 Å². The third-order valence-corrected chi connectivity index (χ3v) is 5.88. The number of carbonyl (C=O) groups excluding carboxylic acids is 2. The Bertz CT molecular complexity index is 1150. The zero-order chi connectivity index (χ0) is 19.8. The first-order valence-corrected chi connectivity index (χ1v) is 9.93. The van der Waals surface area contributed by atoms with Crippen LogP contribution in [0.4, 0.5) is 0 Å². The maximum atomic E-state index is 12.8. The molecule has 2 heterocycles. The van der Waals surface area contributed by atoms with E-state index in [2.05, 4.69) is 5.43 Å². The Labute approximate surface area is 175 Å². The Balaban J connectivity index is 1.59. The topological polar surface area (TPSA) is 54.3 Å². The van der Waals surface area contributed by atoms with Crippen molar-refractivity contribution in [2.45, 2.75) is 0 Å². The number of nitrogens with zero attached hydrogens (tertiary/aromatic N) is 2. The zero-order valence-electron chi connectivity index (χ0n) is 14.7. The monoisotopic (exact) mass is 427 g/mol. The number of benzene rings is 2. The van der Waals surface area contributed by atoms with Crippen LogP contribution in [0.25, 0.3) is 17.0 Å². The van der Waals surface area contributed by atoms with E-state index in [4.69, 9.17) is 23.8 Å². The number of amides is 2. The summed E-state index contributed by atoms with van der Waals surface area (Å²) in [5, 5.41) is 2.68. The predicted octanol–water partition coefficient (Wildman–Crippen LogP) is 4.38. The number of thiocarbonyl (C=S) groups is 1. The molecule has 28 heavy (non-hydrogen) atoms. The normalized spacial score (nSPS) is 15.6. The van der Waals surface area contributed by atoms with Gasteiger partial charge >= 0.3 is 0 Å². The van der Waals surface area contributed by atoms with Crippen molar-refractivity contribution in [1.82, 2.24) is 15.0 Å². The molecule has 8 heteroatoms. The van der Waals surface area contributed by atoms with Crippen LogP contribution in [-0.2, 0) is 11.8 Å². The average Bonchev–Trinajstić information content (AvgIpc) is 3.14. The van der Waals surface area contributed by atoms with Crippen LogP contribution in [-0.4, -0.2) is 25.7 Å². The minimum atomic E-state index is -0.431. The molecule has 1 saturated heterocycles. The van der Waals surface area contributed by atoms with E-state index in [1.54, 1.807) is 30.3 Å². The third-order valence-electron chi connectivity index (χ3n) is 4.33. The van der Waals surface area contributed by atoms with Crippen LogP contribution < -0.4 is 5.43 Å². The summed E-state index contributed by atoms with van der Waals surface area (Å²) in [5.41, 5.74) is 4.94. The number of hydrogen-bond acceptors (Lipinski definition) is 4. The first-order chi connectivity index (χ1) is 13.4. The fraction of sp³-hybridized carbons (Fsp3) is 0.0500. The van der Waals surface area contributed by atoms with Gasteiger partial charge in [-0.3, -0.25) is 15.0 Å². The van der Waals surface area contributed by atoms with Gasteiger partial charge in [0.2, 0.25) is 0 Å². The average molecular weight is 428 g/mol. The second-order valence-electron chi connectivity index (χ2n) is 6.18. The highest BCUT2D eigenvalue weighted by Gasteiger charge is 2.34. The van der Waals surface area contributed by atoms with E-state index >= 15 is 0 Å². The lowest BCUT2D eigenvalue weighted by Crippen LogP contribution is -2.44. The van der Waals surface area contributed by atoms with Gasteiger partial charge in [-0.1, -0.05) is 41.6 Å². The van der Waals surface area contributed by atoms with Gasteiger partial charge in [-0.05, 0) is 48.6 Å². The quantitative estimate of drug-likeness (QED) is 0.498. The van der Waals surface area contributed by atoms with Gasteiger partial charge in [0.25, 0.3) is 11.8 Å². The van der Waals surface area contributed by atoms with Crippen LogP contribution in [0.2, 0.25) is 5.02 Å². The van der Waals surface area contributed by atoms with Crippen LogP contribution in [0.3, 0.4) is 0 Å². The molecule has 0 unspecified atom stereocenters. The largest absolute Gasteiger partial charge is 0.350 e. The maximum absolute atomic E-state index is 12.8. The van der Waals surface area contributed by atoms with Crippen LogP contribution in [0.5, 0.6) is 0 Å². The van der Waals surface area contributed by atoms with Gasteiger partial charge in [0.15, 0.2) is 4.32 Å². The third kappa shape index (κ3) is 3.44. The van der Waals surface area contributed by atoms with E-state index in [0.717, 1.165) is 33.2 Å². The summed E-state index contributed by atoms with van der Waals surface area (Å²) in [4.78, 5) is 25.7. The molecular weight excluding hydrogens is 414 g/mol. The van der Waals surface area contributed by atoms with Gasteiger partial charge in [0, 0.05) is 40.3 Å². The van der Waals surface area contributed by atoms with Crippen LogP contribution in [0.1, 0.15) is 15.9 Å². The second-order valence-corrected chi connectivity index (χ2v) is 8.29. The number of aryl methyl sites for hydroxylation is 1. The standard InChI is InChI=1S/C20H14ClN3O2S2/c1-23-11-13(15-4-2-3-5-16(15)23)10-17-19(26)24(20(27)28-17)22-18(25)12-6-8-14(21)9-7-12/h2-11H,1H3,(H,22,25)/b17-10-. The van der Waals surface area contributed by atoms with E-state index in [9.17, 15) is 9.59 Å². The summed E-state index contributed by atoms with van der Waals surface area (Å²) in [7, 11) is 1.96. The molecule has 140 valence electrons. The van der Waals surface area contributed by atoms with Crippen molar-refractivity contribution < 1.29 is 9.59 Å². The Hall–Kier alpha value is -2.61. The van der Waals surface area contributed by atoms with Crippen molar-refractivity contribution in [3.8, 4) is 0 Å². The molecular formula is C20H14ClN3O2S2. The number of thioether (sulfide) groups is 1. The Morgan fingerprint density at radius 3 is 2.64 bits per heavy atom. The predicted molar refractivity (Wildman–Crippen MR) is 117 cm³/mol. The van der Waals surface area contributed by atoms with Gasteiger partial charge < -0.3 is 4.57 Å². The van der Waals surface area contributed by atoms with Crippen molar-refractivity contribution in [2.75, 3.05) is 0 Å². The van der Waals surface area contributed by atoms with E-state index in [1.165, 1.54) is 0 Å². The number of halogens is 1. The van der Waals surface area contributed by atoms with E-state index in [0.29, 0.717) is 15.5 Å². The summed E-state index contributed by atoms with van der Waals surface area (Å²) >= 11 is 12.3. The summed E-state index contributed by atoms with van der Waals surface area (Å²) in [6.45, 7) is 0. The van der Waals surface area contributed by atoms with Gasteiger partial charge in [-0.15, -0.1) is 0 Å². The SMILES string of the molecule is Cn1cc(/C=C2\SC(=S)N(NC(=O)c3ccc(Cl)cc3)C2=O)c2ccccc21. The smallest absolute Gasteiger partial charge is 0.285 e. The van der Waals surface area contributed by atoms with Gasteiger partial charge in [0.05, 0.1) is 4.91 Å². The molecule has 1 aliphatic heterocycles. The molecule has 2 amide bonds. The number of hydrogen-bond donors (Lipinski definition) is 1. The minimum Gasteiger partial charge on any atom is -0.350 e. The number of carbonyl (C=O) groups is 2. The van der Waals surface area contributed by atoms with Gasteiger partial charge in [-0.2, -0.15) is 5.01 Å². The summed E-state index contributed by atoms with van der Waals surface area (Å²) in [6, 6.07) is 14.3. The first-order valence-electron chi connectivity index (χ1n) is 8.32. The molecule has 0 atom stereocenters. The van der Waals surface area contributed by atoms with Crippen molar-refractivity contribution >= 4 is 68.7 Å². The van der Waals surface area contributed by atoms with Gasteiger partial charge in [0.1, 0.15) is 0 Å². The highest BCUT2D eigenvalue weighted by molar-refractivity contribution is 8.26. The minimum absolute atomic E-state index is 0.277. The Morgan fingerprint density at radius 1 is 1.18 bits per heavy atom. The van der Waals surface area contributed by atoms with Crippen molar-refractivity contribution in [3.05, 3.63) is 75.8 Å². The molecule has 5 nitrogen and oxygen atoms in total. The lowest BCUT2D eigenvalue weighted by molar-refractivity contribution is -0.123. The van der Waals surface area contributed by atoms with Gasteiger partial charge in [-0.25, -0.2) is 0 Å². The van der Waals surface area contributed by atoms with Crippen molar-refractivity contribution in [1.29, 1.82) is 0 Å². The zero-order valence-corrected chi connectivity index (χ0v) is 17.1.